The van der Waals surface area contributed by atoms with E-state index in [2.05, 4.69) is 9.71 Å². The fourth-order valence-corrected chi connectivity index (χ4v) is 3.18. The van der Waals surface area contributed by atoms with Crippen LogP contribution in [0.2, 0.25) is 0 Å². The highest BCUT2D eigenvalue weighted by atomic mass is 32.2. The highest BCUT2D eigenvalue weighted by Gasteiger charge is 2.20. The molecular weight excluding hydrogens is 302 g/mol. The first-order chi connectivity index (χ1) is 9.42. The van der Waals surface area contributed by atoms with Crippen LogP contribution >= 0.6 is 11.3 Å². The average Bonchev–Trinajstić information content (AvgIpc) is 2.99. The molecule has 1 N–H and O–H groups in total. The van der Waals surface area contributed by atoms with Gasteiger partial charge >= 0.3 is 5.97 Å². The summed E-state index contributed by atoms with van der Waals surface area (Å²) in [5, 5.41) is 1.75. The normalized spacial score (nSPS) is 11.3. The Morgan fingerprint density at radius 2 is 2.30 bits per heavy atom. The number of nitrogens with zero attached hydrogens (tertiary/aromatic N) is 2. The molecule has 0 aliphatic rings. The number of aromatic nitrogens is 2. The number of esters is 1. The van der Waals surface area contributed by atoms with E-state index in [1.54, 1.807) is 19.4 Å². The van der Waals surface area contributed by atoms with Crippen LogP contribution in [0.4, 0.5) is 5.69 Å². The molecule has 2 heterocycles. The van der Waals surface area contributed by atoms with Crippen LogP contribution in [0.25, 0.3) is 0 Å². The van der Waals surface area contributed by atoms with Crippen molar-refractivity contribution in [1.29, 1.82) is 0 Å². The first-order valence-corrected chi connectivity index (χ1v) is 8.07. The van der Waals surface area contributed by atoms with Gasteiger partial charge in [0.2, 0.25) is 5.06 Å². The molecule has 9 heteroatoms. The molecule has 0 aliphatic carbocycles. The number of aryl methyl sites for hydroxylation is 1. The second kappa shape index (κ2) is 5.63. The molecule has 0 fully saturated rings. The molecule has 0 atom stereocenters. The smallest absolute Gasteiger partial charge is 0.311 e. The van der Waals surface area contributed by atoms with Crippen molar-refractivity contribution in [2.75, 3.05) is 4.72 Å². The molecule has 108 valence electrons. The molecule has 0 amide bonds. The highest BCUT2D eigenvalue weighted by Crippen LogP contribution is 2.33. The Bertz CT molecular complexity index is 718. The van der Waals surface area contributed by atoms with Crippen LogP contribution in [0.5, 0.6) is 5.06 Å². The molecule has 2 rings (SSSR count). The van der Waals surface area contributed by atoms with Crippen molar-refractivity contribution in [2.45, 2.75) is 18.4 Å². The van der Waals surface area contributed by atoms with Crippen LogP contribution in [0.15, 0.2) is 29.0 Å². The van der Waals surface area contributed by atoms with Gasteiger partial charge in [-0.15, -0.1) is 11.3 Å². The molecule has 0 aromatic carbocycles. The summed E-state index contributed by atoms with van der Waals surface area (Å²) in [6.45, 7) is 1.66. The van der Waals surface area contributed by atoms with Crippen LogP contribution in [0.1, 0.15) is 13.3 Å². The number of carbonyl (C=O) groups is 1. The molecule has 0 bridgehead atoms. The highest BCUT2D eigenvalue weighted by molar-refractivity contribution is 7.92. The minimum absolute atomic E-state index is 0.0982. The molecule has 0 radical (unpaired) electrons. The van der Waals surface area contributed by atoms with Crippen LogP contribution in [-0.4, -0.2) is 23.9 Å². The number of rotatable bonds is 5. The maximum atomic E-state index is 12.1. The number of anilines is 1. The molecule has 2 aromatic rings. The number of hydrogen-bond donors (Lipinski definition) is 1. The van der Waals surface area contributed by atoms with E-state index in [9.17, 15) is 13.2 Å². The predicted molar refractivity (Wildman–Crippen MR) is 74.3 cm³/mol. The van der Waals surface area contributed by atoms with E-state index in [-0.39, 0.29) is 22.2 Å². The monoisotopic (exact) mass is 315 g/mol. The van der Waals surface area contributed by atoms with Gasteiger partial charge in [-0.25, -0.2) is 4.98 Å². The quantitative estimate of drug-likeness (QED) is 0.846. The molecule has 7 nitrogen and oxygen atoms in total. The first kappa shape index (κ1) is 14.5. The largest absolute Gasteiger partial charge is 0.413 e. The number of ether oxygens (including phenoxy) is 1. The summed E-state index contributed by atoms with van der Waals surface area (Å²) in [4.78, 5) is 15.0. The average molecular weight is 315 g/mol. The van der Waals surface area contributed by atoms with Gasteiger partial charge < -0.3 is 9.30 Å². The van der Waals surface area contributed by atoms with Gasteiger partial charge in [-0.2, -0.15) is 8.42 Å². The zero-order valence-corrected chi connectivity index (χ0v) is 12.5. The lowest BCUT2D eigenvalue weighted by Crippen LogP contribution is -2.14. The number of carbonyl (C=O) groups excluding carboxylic acids is 1. The fraction of sp³-hybridized carbons (Fsp3) is 0.273. The molecule has 0 saturated carbocycles. The van der Waals surface area contributed by atoms with Crippen molar-refractivity contribution >= 4 is 33.0 Å². The Labute approximate surface area is 120 Å². The van der Waals surface area contributed by atoms with Gasteiger partial charge in [-0.05, 0) is 11.4 Å². The van der Waals surface area contributed by atoms with E-state index in [0.29, 0.717) is 0 Å². The van der Waals surface area contributed by atoms with E-state index in [4.69, 9.17) is 4.74 Å². The van der Waals surface area contributed by atoms with Crippen molar-refractivity contribution in [1.82, 2.24) is 9.55 Å². The van der Waals surface area contributed by atoms with E-state index in [1.165, 1.54) is 23.2 Å². The minimum Gasteiger partial charge on any atom is -0.413 e. The van der Waals surface area contributed by atoms with Gasteiger partial charge in [0.15, 0.2) is 5.03 Å². The number of nitrogens with one attached hydrogen (secondary N) is 1. The number of imidazole rings is 1. The third-order valence-electron chi connectivity index (χ3n) is 2.33. The van der Waals surface area contributed by atoms with Crippen molar-refractivity contribution in [3.8, 4) is 5.06 Å². The van der Waals surface area contributed by atoms with Crippen molar-refractivity contribution in [2.24, 2.45) is 7.05 Å². The lowest BCUT2D eigenvalue weighted by molar-refractivity contribution is -0.133. The fourth-order valence-electron chi connectivity index (χ4n) is 1.35. The van der Waals surface area contributed by atoms with Crippen molar-refractivity contribution in [3.63, 3.8) is 0 Å². The molecule has 0 aliphatic heterocycles. The van der Waals surface area contributed by atoms with Gasteiger partial charge in [0.1, 0.15) is 5.69 Å². The summed E-state index contributed by atoms with van der Waals surface area (Å²) < 4.78 is 33.1. The lowest BCUT2D eigenvalue weighted by atomic mass is 10.5. The van der Waals surface area contributed by atoms with E-state index >= 15 is 0 Å². The van der Waals surface area contributed by atoms with E-state index in [0.717, 1.165) is 11.3 Å². The third kappa shape index (κ3) is 3.17. The summed E-state index contributed by atoms with van der Waals surface area (Å²) in [5.74, 6) is -0.425. The van der Waals surface area contributed by atoms with Gasteiger partial charge in [0, 0.05) is 19.7 Å². The summed E-state index contributed by atoms with van der Waals surface area (Å²) in [6.07, 6.45) is 2.98. The third-order valence-corrected chi connectivity index (χ3v) is 4.37. The first-order valence-electron chi connectivity index (χ1n) is 5.71. The minimum atomic E-state index is -3.79. The van der Waals surface area contributed by atoms with E-state index < -0.39 is 16.0 Å². The molecule has 0 saturated heterocycles. The van der Waals surface area contributed by atoms with Gasteiger partial charge in [0.25, 0.3) is 10.0 Å². The Balaban J connectivity index is 2.22. The van der Waals surface area contributed by atoms with Crippen LogP contribution < -0.4 is 9.46 Å². The van der Waals surface area contributed by atoms with Crippen LogP contribution in [0, 0.1) is 0 Å². The van der Waals surface area contributed by atoms with Crippen molar-refractivity contribution in [3.05, 3.63) is 24.0 Å². The SMILES string of the molecule is CCC(=O)Oc1sccc1NS(=O)(=O)c1cn(C)cn1. The van der Waals surface area contributed by atoms with Gasteiger partial charge in [-0.3, -0.25) is 9.52 Å². The number of thiophene rings is 1. The summed E-state index contributed by atoms with van der Waals surface area (Å²) in [7, 11) is -2.12. The Kier molecular flexibility index (Phi) is 4.09. The molecule has 2 aromatic heterocycles. The number of sulfonamides is 1. The maximum Gasteiger partial charge on any atom is 0.311 e. The van der Waals surface area contributed by atoms with Gasteiger partial charge in [0.05, 0.1) is 6.33 Å². The zero-order chi connectivity index (χ0) is 14.8. The Morgan fingerprint density at radius 3 is 2.90 bits per heavy atom. The molecule has 0 spiro atoms. The topological polar surface area (TPSA) is 90.3 Å². The summed E-state index contributed by atoms with van der Waals surface area (Å²) in [5.41, 5.74) is 0.224. The number of hydrogen-bond acceptors (Lipinski definition) is 6. The summed E-state index contributed by atoms with van der Waals surface area (Å²) >= 11 is 1.14. The molecule has 20 heavy (non-hydrogen) atoms. The lowest BCUT2D eigenvalue weighted by Gasteiger charge is -2.06. The Hall–Kier alpha value is -1.87. The predicted octanol–water partition coefficient (Wildman–Crippen LogP) is 1.60. The summed E-state index contributed by atoms with van der Waals surface area (Å²) in [6, 6.07) is 1.53. The molecular formula is C11H13N3O4S2. The second-order valence-electron chi connectivity index (χ2n) is 3.93. The standard InChI is InChI=1S/C11H13N3O4S2/c1-3-10(15)18-11-8(4-5-19-11)13-20(16,17)9-6-14(2)7-12-9/h4-7,13H,3H2,1-2H3. The Morgan fingerprint density at radius 1 is 1.55 bits per heavy atom. The van der Waals surface area contributed by atoms with Gasteiger partial charge in [-0.1, -0.05) is 6.92 Å². The van der Waals surface area contributed by atoms with Crippen LogP contribution in [0.3, 0.4) is 0 Å². The van der Waals surface area contributed by atoms with E-state index in [1.807, 2.05) is 0 Å². The van der Waals surface area contributed by atoms with Crippen molar-refractivity contribution < 1.29 is 17.9 Å². The zero-order valence-electron chi connectivity index (χ0n) is 10.9. The molecule has 0 unspecified atom stereocenters. The second-order valence-corrected chi connectivity index (χ2v) is 6.44. The van der Waals surface area contributed by atoms with Crippen LogP contribution in [-0.2, 0) is 21.9 Å². The maximum absolute atomic E-state index is 12.1.